The van der Waals surface area contributed by atoms with Crippen molar-refractivity contribution in [3.63, 3.8) is 0 Å². The summed E-state index contributed by atoms with van der Waals surface area (Å²) >= 11 is 6.19. The highest BCUT2D eigenvalue weighted by Gasteiger charge is 2.45. The summed E-state index contributed by atoms with van der Waals surface area (Å²) in [4.78, 5) is 30.6. The molecule has 1 aliphatic carbocycles. The maximum atomic E-state index is 12.6. The van der Waals surface area contributed by atoms with E-state index in [0.717, 1.165) is 42.8 Å². The lowest BCUT2D eigenvalue weighted by Gasteiger charge is -2.40. The topological polar surface area (TPSA) is 43.9 Å². The Morgan fingerprint density at radius 3 is 2.72 bits per heavy atom. The first-order chi connectivity index (χ1) is 12.0. The Morgan fingerprint density at radius 2 is 2.00 bits per heavy atom. The summed E-state index contributed by atoms with van der Waals surface area (Å²) in [5.41, 5.74) is 1.16. The van der Waals surface area contributed by atoms with E-state index in [1.165, 1.54) is 4.90 Å². The highest BCUT2D eigenvalue weighted by molar-refractivity contribution is 6.30. The summed E-state index contributed by atoms with van der Waals surface area (Å²) in [6.07, 6.45) is 4.16. The largest absolute Gasteiger partial charge is 0.327 e. The highest BCUT2D eigenvalue weighted by Crippen LogP contribution is 2.38. The molecule has 0 radical (unpaired) electrons. The summed E-state index contributed by atoms with van der Waals surface area (Å²) in [5.74, 6) is 0.194. The minimum atomic E-state index is -0.0921. The van der Waals surface area contributed by atoms with Crippen molar-refractivity contribution < 1.29 is 9.59 Å². The monoisotopic (exact) mass is 361 g/mol. The van der Waals surface area contributed by atoms with Crippen LogP contribution in [0.2, 0.25) is 5.02 Å². The molecular formula is C19H24ClN3O2. The molecule has 6 heteroatoms. The average molecular weight is 362 g/mol. The standard InChI is InChI=1S/C19H24ClN3O2/c1-21-9-3-5-14(18(21)13-4-2-6-15(20)10-13)11-23-17(24)12-22(19(23)25)16-7-8-16/h2,4,6,10,14,16,18H,3,5,7-9,11-12H2,1H3. The second kappa shape index (κ2) is 6.61. The van der Waals surface area contributed by atoms with Crippen molar-refractivity contribution in [1.82, 2.24) is 14.7 Å². The number of imide groups is 1. The number of nitrogens with zero attached hydrogens (tertiary/aromatic N) is 3. The van der Waals surface area contributed by atoms with E-state index in [4.69, 9.17) is 11.6 Å². The molecule has 25 heavy (non-hydrogen) atoms. The normalized spacial score (nSPS) is 28.1. The fraction of sp³-hybridized carbons (Fsp3) is 0.579. The van der Waals surface area contributed by atoms with Crippen LogP contribution >= 0.6 is 11.6 Å². The van der Waals surface area contributed by atoms with Crippen LogP contribution in [-0.4, -0.2) is 59.4 Å². The van der Waals surface area contributed by atoms with Gasteiger partial charge in [-0.05, 0) is 62.9 Å². The number of carbonyl (C=O) groups excluding carboxylic acids is 2. The molecule has 0 spiro atoms. The molecular weight excluding hydrogens is 338 g/mol. The SMILES string of the molecule is CN1CCCC(CN2C(=O)CN(C3CC3)C2=O)C1c1cccc(Cl)c1. The predicted molar refractivity (Wildman–Crippen MR) is 96.4 cm³/mol. The summed E-state index contributed by atoms with van der Waals surface area (Å²) < 4.78 is 0. The molecule has 1 aromatic carbocycles. The van der Waals surface area contributed by atoms with Crippen molar-refractivity contribution in [2.45, 2.75) is 37.8 Å². The third-order valence-corrected chi connectivity index (χ3v) is 5.92. The third kappa shape index (κ3) is 3.27. The van der Waals surface area contributed by atoms with E-state index in [-0.39, 0.29) is 30.4 Å². The Labute approximate surface area is 153 Å². The Kier molecular flexibility index (Phi) is 4.46. The molecule has 1 saturated carbocycles. The Morgan fingerprint density at radius 1 is 1.20 bits per heavy atom. The average Bonchev–Trinajstić information content (AvgIpc) is 3.37. The first-order valence-electron chi connectivity index (χ1n) is 9.11. The molecule has 3 amide bonds. The van der Waals surface area contributed by atoms with E-state index >= 15 is 0 Å². The van der Waals surface area contributed by atoms with Gasteiger partial charge < -0.3 is 4.90 Å². The van der Waals surface area contributed by atoms with Crippen LogP contribution in [-0.2, 0) is 4.79 Å². The lowest BCUT2D eigenvalue weighted by molar-refractivity contribution is -0.126. The van der Waals surface area contributed by atoms with Crippen molar-refractivity contribution >= 4 is 23.5 Å². The van der Waals surface area contributed by atoms with E-state index in [1.807, 2.05) is 18.2 Å². The maximum Gasteiger partial charge on any atom is 0.327 e. The molecule has 2 atom stereocenters. The van der Waals surface area contributed by atoms with Crippen molar-refractivity contribution in [3.05, 3.63) is 34.9 Å². The van der Waals surface area contributed by atoms with E-state index in [1.54, 1.807) is 4.90 Å². The Bertz CT molecular complexity index is 691. The number of halogens is 1. The smallest absolute Gasteiger partial charge is 0.312 e. The second-order valence-electron chi connectivity index (χ2n) is 7.53. The van der Waals surface area contributed by atoms with Gasteiger partial charge in [0.05, 0.1) is 0 Å². The van der Waals surface area contributed by atoms with Crippen LogP contribution < -0.4 is 0 Å². The van der Waals surface area contributed by atoms with Gasteiger partial charge in [0.15, 0.2) is 0 Å². The van der Waals surface area contributed by atoms with Gasteiger partial charge in [0, 0.05) is 23.7 Å². The molecule has 2 unspecified atom stereocenters. The fourth-order valence-corrected chi connectivity index (χ4v) is 4.51. The van der Waals surface area contributed by atoms with E-state index in [9.17, 15) is 9.59 Å². The molecule has 2 aliphatic heterocycles. The number of likely N-dealkylation sites (tertiary alicyclic amines) is 1. The Hall–Kier alpha value is -1.59. The summed E-state index contributed by atoms with van der Waals surface area (Å²) in [6.45, 7) is 1.78. The second-order valence-corrected chi connectivity index (χ2v) is 7.97. The summed E-state index contributed by atoms with van der Waals surface area (Å²) in [7, 11) is 2.11. The molecule has 0 bridgehead atoms. The molecule has 2 heterocycles. The fourth-order valence-electron chi connectivity index (χ4n) is 4.31. The van der Waals surface area contributed by atoms with Crippen molar-refractivity contribution in [2.75, 3.05) is 26.7 Å². The third-order valence-electron chi connectivity index (χ3n) is 5.69. The van der Waals surface area contributed by atoms with Gasteiger partial charge in [0.25, 0.3) is 0 Å². The molecule has 1 aromatic rings. The number of hydrogen-bond acceptors (Lipinski definition) is 3. The van der Waals surface area contributed by atoms with Gasteiger partial charge in [-0.1, -0.05) is 23.7 Å². The lowest BCUT2D eigenvalue weighted by atomic mass is 9.84. The molecule has 0 N–H and O–H groups in total. The van der Waals surface area contributed by atoms with Crippen LogP contribution in [0.5, 0.6) is 0 Å². The molecule has 4 rings (SSSR count). The molecule has 2 saturated heterocycles. The first kappa shape index (κ1) is 16.9. The molecule has 134 valence electrons. The van der Waals surface area contributed by atoms with E-state index in [0.29, 0.717) is 12.6 Å². The van der Waals surface area contributed by atoms with E-state index < -0.39 is 0 Å². The first-order valence-corrected chi connectivity index (χ1v) is 9.49. The number of hydrogen-bond donors (Lipinski definition) is 0. The predicted octanol–water partition coefficient (Wildman–Crippen LogP) is 3.15. The highest BCUT2D eigenvalue weighted by atomic mass is 35.5. The van der Waals surface area contributed by atoms with E-state index in [2.05, 4.69) is 18.0 Å². The van der Waals surface area contributed by atoms with Crippen LogP contribution in [0.4, 0.5) is 4.79 Å². The number of amides is 3. The van der Waals surface area contributed by atoms with Gasteiger partial charge in [-0.3, -0.25) is 14.6 Å². The zero-order valence-corrected chi connectivity index (χ0v) is 15.3. The van der Waals surface area contributed by atoms with Crippen LogP contribution in [0.1, 0.15) is 37.3 Å². The molecule has 3 fully saturated rings. The summed E-state index contributed by atoms with van der Waals surface area (Å²) in [6, 6.07) is 8.33. The van der Waals surface area contributed by atoms with Crippen LogP contribution in [0.3, 0.4) is 0 Å². The zero-order chi connectivity index (χ0) is 17.6. The number of benzene rings is 1. The zero-order valence-electron chi connectivity index (χ0n) is 14.5. The number of rotatable bonds is 4. The number of urea groups is 1. The van der Waals surface area contributed by atoms with Gasteiger partial charge in [0.1, 0.15) is 6.54 Å². The van der Waals surface area contributed by atoms with Crippen LogP contribution in [0.25, 0.3) is 0 Å². The minimum absolute atomic E-state index is 0.0463. The Balaban J connectivity index is 1.55. The van der Waals surface area contributed by atoms with Crippen molar-refractivity contribution in [1.29, 1.82) is 0 Å². The lowest BCUT2D eigenvalue weighted by Crippen LogP contribution is -2.44. The van der Waals surface area contributed by atoms with Gasteiger partial charge in [-0.2, -0.15) is 0 Å². The minimum Gasteiger partial charge on any atom is -0.312 e. The number of carbonyl (C=O) groups is 2. The van der Waals surface area contributed by atoms with Crippen molar-refractivity contribution in [3.8, 4) is 0 Å². The molecule has 3 aliphatic rings. The molecule has 0 aromatic heterocycles. The van der Waals surface area contributed by atoms with Crippen LogP contribution in [0, 0.1) is 5.92 Å². The number of piperidine rings is 1. The van der Waals surface area contributed by atoms with Gasteiger partial charge in [-0.25, -0.2) is 4.79 Å². The quantitative estimate of drug-likeness (QED) is 0.774. The maximum absolute atomic E-state index is 12.6. The molecule has 5 nitrogen and oxygen atoms in total. The van der Waals surface area contributed by atoms with Gasteiger partial charge >= 0.3 is 6.03 Å². The van der Waals surface area contributed by atoms with Crippen molar-refractivity contribution in [2.24, 2.45) is 5.92 Å². The van der Waals surface area contributed by atoms with Crippen LogP contribution in [0.15, 0.2) is 24.3 Å². The van der Waals surface area contributed by atoms with Gasteiger partial charge in [0.2, 0.25) is 5.91 Å². The summed E-state index contributed by atoms with van der Waals surface area (Å²) in [5, 5.41) is 0.725. The van der Waals surface area contributed by atoms with Gasteiger partial charge in [-0.15, -0.1) is 0 Å².